The van der Waals surface area contributed by atoms with E-state index in [9.17, 15) is 9.18 Å². The molecule has 3 rings (SSSR count). The molecular formula is C15H15ClFN3O2. The zero-order valence-corrected chi connectivity index (χ0v) is 12.5. The maximum absolute atomic E-state index is 13.5. The molecule has 22 heavy (non-hydrogen) atoms. The molecule has 1 aromatic heterocycles. The first-order valence-corrected chi connectivity index (χ1v) is 7.38. The van der Waals surface area contributed by atoms with E-state index in [-0.39, 0.29) is 23.4 Å². The van der Waals surface area contributed by atoms with Crippen LogP contribution in [0, 0.1) is 5.82 Å². The van der Waals surface area contributed by atoms with E-state index in [0.717, 1.165) is 18.7 Å². The Bertz CT molecular complexity index is 663. The Kier molecular flexibility index (Phi) is 4.29. The largest absolute Gasteiger partial charge is 0.369 e. The van der Waals surface area contributed by atoms with Crippen molar-refractivity contribution >= 4 is 23.2 Å². The van der Waals surface area contributed by atoms with Gasteiger partial charge in [-0.1, -0.05) is 16.8 Å². The van der Waals surface area contributed by atoms with Crippen molar-refractivity contribution in [2.75, 3.05) is 18.0 Å². The van der Waals surface area contributed by atoms with Crippen LogP contribution in [0.4, 0.5) is 10.1 Å². The van der Waals surface area contributed by atoms with Crippen molar-refractivity contribution < 1.29 is 13.7 Å². The first-order chi connectivity index (χ1) is 10.6. The standard InChI is InChI=1S/C15H15ClFN3O2/c16-13-2-1-12(8-14(13)17)20-5-3-11(9-20)18-15(21)7-10-4-6-22-19-10/h1-2,4,6,8,11H,3,5,7,9H2,(H,18,21)/t11-/m0/s1. The molecule has 1 amide bonds. The SMILES string of the molecule is O=C(Cc1ccon1)N[C@H]1CCN(c2ccc(Cl)c(F)c2)C1. The number of rotatable bonds is 4. The van der Waals surface area contributed by atoms with E-state index < -0.39 is 5.82 Å². The molecule has 0 unspecified atom stereocenters. The number of nitrogens with zero attached hydrogens (tertiary/aromatic N) is 2. The van der Waals surface area contributed by atoms with E-state index in [2.05, 4.69) is 10.5 Å². The van der Waals surface area contributed by atoms with Crippen molar-refractivity contribution in [3.05, 3.63) is 47.1 Å². The Labute approximate surface area is 132 Å². The van der Waals surface area contributed by atoms with Crippen LogP contribution < -0.4 is 10.2 Å². The molecule has 5 nitrogen and oxygen atoms in total. The van der Waals surface area contributed by atoms with E-state index in [4.69, 9.17) is 16.1 Å². The summed E-state index contributed by atoms with van der Waals surface area (Å²) in [7, 11) is 0. The van der Waals surface area contributed by atoms with Crippen LogP contribution in [-0.4, -0.2) is 30.2 Å². The van der Waals surface area contributed by atoms with E-state index in [0.29, 0.717) is 12.2 Å². The molecule has 1 aromatic carbocycles. The van der Waals surface area contributed by atoms with Gasteiger partial charge < -0.3 is 14.7 Å². The first-order valence-electron chi connectivity index (χ1n) is 7.00. The van der Waals surface area contributed by atoms with Gasteiger partial charge in [0.15, 0.2) is 0 Å². The highest BCUT2D eigenvalue weighted by Gasteiger charge is 2.24. The van der Waals surface area contributed by atoms with Gasteiger partial charge >= 0.3 is 0 Å². The average Bonchev–Trinajstić information content (AvgIpc) is 3.13. The minimum Gasteiger partial charge on any atom is -0.369 e. The van der Waals surface area contributed by atoms with Crippen molar-refractivity contribution in [2.45, 2.75) is 18.9 Å². The minimum absolute atomic E-state index is 0.0399. The Morgan fingerprint density at radius 1 is 1.50 bits per heavy atom. The van der Waals surface area contributed by atoms with Crippen LogP contribution >= 0.6 is 11.6 Å². The van der Waals surface area contributed by atoms with Gasteiger partial charge in [0.05, 0.1) is 17.1 Å². The van der Waals surface area contributed by atoms with Crippen LogP contribution in [0.25, 0.3) is 0 Å². The fourth-order valence-corrected chi connectivity index (χ4v) is 2.68. The summed E-state index contributed by atoms with van der Waals surface area (Å²) in [5.41, 5.74) is 1.38. The number of anilines is 1. The summed E-state index contributed by atoms with van der Waals surface area (Å²) < 4.78 is 18.2. The molecule has 0 bridgehead atoms. The molecular weight excluding hydrogens is 309 g/mol. The Balaban J connectivity index is 1.55. The van der Waals surface area contributed by atoms with Gasteiger partial charge in [-0.2, -0.15) is 0 Å². The highest BCUT2D eigenvalue weighted by atomic mass is 35.5. The van der Waals surface area contributed by atoms with Gasteiger partial charge in [-0.05, 0) is 24.6 Å². The summed E-state index contributed by atoms with van der Waals surface area (Å²) in [4.78, 5) is 13.9. The summed E-state index contributed by atoms with van der Waals surface area (Å²) in [6, 6.07) is 6.45. The normalized spacial score (nSPS) is 17.7. The molecule has 1 atom stereocenters. The molecule has 0 radical (unpaired) electrons. The second-order valence-corrected chi connectivity index (χ2v) is 5.67. The lowest BCUT2D eigenvalue weighted by atomic mass is 10.2. The molecule has 1 saturated heterocycles. The molecule has 0 saturated carbocycles. The Morgan fingerprint density at radius 3 is 3.09 bits per heavy atom. The van der Waals surface area contributed by atoms with Gasteiger partial charge in [0.25, 0.3) is 0 Å². The molecule has 1 aliphatic rings. The number of benzene rings is 1. The van der Waals surface area contributed by atoms with Crippen LogP contribution in [0.5, 0.6) is 0 Å². The lowest BCUT2D eigenvalue weighted by molar-refractivity contribution is -0.121. The molecule has 0 aliphatic carbocycles. The molecule has 7 heteroatoms. The molecule has 0 spiro atoms. The maximum Gasteiger partial charge on any atom is 0.226 e. The third-order valence-corrected chi connectivity index (χ3v) is 3.96. The zero-order chi connectivity index (χ0) is 15.5. The third kappa shape index (κ3) is 3.39. The van der Waals surface area contributed by atoms with E-state index in [1.165, 1.54) is 12.3 Å². The van der Waals surface area contributed by atoms with Crippen LogP contribution in [-0.2, 0) is 11.2 Å². The highest BCUT2D eigenvalue weighted by molar-refractivity contribution is 6.30. The highest BCUT2D eigenvalue weighted by Crippen LogP contribution is 2.25. The third-order valence-electron chi connectivity index (χ3n) is 3.65. The lowest BCUT2D eigenvalue weighted by Gasteiger charge is -2.19. The zero-order valence-electron chi connectivity index (χ0n) is 11.8. The minimum atomic E-state index is -0.433. The predicted octanol–water partition coefficient (Wildman–Crippen LogP) is 2.40. The van der Waals surface area contributed by atoms with Gasteiger partial charge in [0.1, 0.15) is 12.1 Å². The van der Waals surface area contributed by atoms with Crippen LogP contribution in [0.1, 0.15) is 12.1 Å². The van der Waals surface area contributed by atoms with Gasteiger partial charge in [-0.15, -0.1) is 0 Å². The maximum atomic E-state index is 13.5. The van der Waals surface area contributed by atoms with Crippen LogP contribution in [0.2, 0.25) is 5.02 Å². The predicted molar refractivity (Wildman–Crippen MR) is 80.4 cm³/mol. The van der Waals surface area contributed by atoms with Crippen molar-refractivity contribution in [1.82, 2.24) is 10.5 Å². The summed E-state index contributed by atoms with van der Waals surface area (Å²) in [6.07, 6.45) is 2.45. The van der Waals surface area contributed by atoms with Gasteiger partial charge in [-0.25, -0.2) is 4.39 Å². The Morgan fingerprint density at radius 2 is 2.36 bits per heavy atom. The molecule has 1 fully saturated rings. The second kappa shape index (κ2) is 6.36. The summed E-state index contributed by atoms with van der Waals surface area (Å²) in [5, 5.41) is 6.78. The first kappa shape index (κ1) is 14.8. The summed E-state index contributed by atoms with van der Waals surface area (Å²) >= 11 is 5.69. The number of aromatic nitrogens is 1. The van der Waals surface area contributed by atoms with Crippen LogP contribution in [0.15, 0.2) is 35.1 Å². The van der Waals surface area contributed by atoms with Crippen molar-refractivity contribution in [3.63, 3.8) is 0 Å². The van der Waals surface area contributed by atoms with Crippen molar-refractivity contribution in [1.29, 1.82) is 0 Å². The smallest absolute Gasteiger partial charge is 0.226 e. The fourth-order valence-electron chi connectivity index (χ4n) is 2.57. The number of amides is 1. The number of nitrogens with one attached hydrogen (secondary N) is 1. The number of hydrogen-bond acceptors (Lipinski definition) is 4. The molecule has 116 valence electrons. The van der Waals surface area contributed by atoms with Crippen molar-refractivity contribution in [2.24, 2.45) is 0 Å². The fraction of sp³-hybridized carbons (Fsp3) is 0.333. The summed E-state index contributed by atoms with van der Waals surface area (Å²) in [6.45, 7) is 1.40. The van der Waals surface area contributed by atoms with E-state index in [1.54, 1.807) is 18.2 Å². The van der Waals surface area contributed by atoms with Crippen molar-refractivity contribution in [3.8, 4) is 0 Å². The second-order valence-electron chi connectivity index (χ2n) is 5.27. The van der Waals surface area contributed by atoms with Gasteiger partial charge in [0, 0.05) is 30.9 Å². The molecule has 2 heterocycles. The number of hydrogen-bond donors (Lipinski definition) is 1. The lowest BCUT2D eigenvalue weighted by Crippen LogP contribution is -2.38. The van der Waals surface area contributed by atoms with E-state index in [1.807, 2.05) is 4.90 Å². The number of carbonyl (C=O) groups is 1. The topological polar surface area (TPSA) is 58.4 Å². The van der Waals surface area contributed by atoms with E-state index >= 15 is 0 Å². The number of carbonyl (C=O) groups excluding carboxylic acids is 1. The molecule has 1 N–H and O–H groups in total. The van der Waals surface area contributed by atoms with Gasteiger partial charge in [0.2, 0.25) is 5.91 Å². The monoisotopic (exact) mass is 323 g/mol. The quantitative estimate of drug-likeness (QED) is 0.938. The average molecular weight is 324 g/mol. The Hall–Kier alpha value is -2.08. The summed E-state index contributed by atoms with van der Waals surface area (Å²) in [5.74, 6) is -0.527. The van der Waals surface area contributed by atoms with Crippen LogP contribution in [0.3, 0.4) is 0 Å². The molecule has 1 aliphatic heterocycles. The number of halogens is 2. The molecule has 2 aromatic rings. The van der Waals surface area contributed by atoms with Gasteiger partial charge in [-0.3, -0.25) is 4.79 Å².